The first-order valence-electron chi connectivity index (χ1n) is 13.1. The van der Waals surface area contributed by atoms with Crippen molar-refractivity contribution < 1.29 is 9.59 Å². The molecule has 198 valence electrons. The van der Waals surface area contributed by atoms with Crippen LogP contribution in [0.3, 0.4) is 0 Å². The molecule has 3 heterocycles. The van der Waals surface area contributed by atoms with E-state index in [9.17, 15) is 9.59 Å². The minimum atomic E-state index is -0.605. The van der Waals surface area contributed by atoms with E-state index in [1.165, 1.54) is 17.4 Å². The van der Waals surface area contributed by atoms with E-state index in [-0.39, 0.29) is 18.2 Å². The summed E-state index contributed by atoms with van der Waals surface area (Å²) < 4.78 is 0. The van der Waals surface area contributed by atoms with E-state index in [0.717, 1.165) is 29.9 Å². The molecule has 0 spiro atoms. The molecule has 1 atom stereocenters. The number of carbonyl (C=O) groups excluding carboxylic acids is 2. The molecule has 1 fully saturated rings. The van der Waals surface area contributed by atoms with Crippen LogP contribution in [0.5, 0.6) is 0 Å². The summed E-state index contributed by atoms with van der Waals surface area (Å²) in [6.45, 7) is 2.95. The molecule has 1 saturated heterocycles. The number of aliphatic imine (C=N–C) groups is 2. The zero-order valence-electron chi connectivity index (χ0n) is 21.4. The molecule has 0 bridgehead atoms. The number of piperazine rings is 1. The van der Waals surface area contributed by atoms with Gasteiger partial charge in [-0.3, -0.25) is 14.6 Å². The van der Waals surface area contributed by atoms with Crippen LogP contribution < -0.4 is 4.90 Å². The fourth-order valence-electron chi connectivity index (χ4n) is 5.12. The molecule has 0 saturated carbocycles. The highest BCUT2D eigenvalue weighted by Gasteiger charge is 2.41. The third-order valence-electron chi connectivity index (χ3n) is 7.25. The van der Waals surface area contributed by atoms with Crippen LogP contribution in [0, 0.1) is 0 Å². The van der Waals surface area contributed by atoms with Gasteiger partial charge in [0.15, 0.2) is 5.17 Å². The summed E-state index contributed by atoms with van der Waals surface area (Å²) in [6.07, 6.45) is 0.661. The van der Waals surface area contributed by atoms with Crippen molar-refractivity contribution in [3.8, 4) is 0 Å². The van der Waals surface area contributed by atoms with Gasteiger partial charge in [-0.05, 0) is 42.3 Å². The van der Waals surface area contributed by atoms with Crippen LogP contribution in [-0.4, -0.2) is 64.8 Å². The quantitative estimate of drug-likeness (QED) is 0.409. The predicted molar refractivity (Wildman–Crippen MR) is 158 cm³/mol. The molecular weight excluding hydrogens is 530 g/mol. The maximum Gasteiger partial charge on any atom is 0.259 e. The van der Waals surface area contributed by atoms with Gasteiger partial charge in [0.25, 0.3) is 5.91 Å². The van der Waals surface area contributed by atoms with Crippen molar-refractivity contribution in [3.05, 3.63) is 95.0 Å². The van der Waals surface area contributed by atoms with Crippen LogP contribution in [0.4, 0.5) is 11.4 Å². The number of para-hydroxylation sites is 2. The normalized spacial score (nSPS) is 18.4. The van der Waals surface area contributed by atoms with E-state index in [1.54, 1.807) is 4.90 Å². The number of anilines is 1. The fourth-order valence-corrected chi connectivity index (χ4v) is 6.40. The van der Waals surface area contributed by atoms with Crippen LogP contribution >= 0.6 is 23.4 Å². The topological polar surface area (TPSA) is 68.6 Å². The van der Waals surface area contributed by atoms with E-state index in [2.05, 4.69) is 17.0 Å². The molecule has 3 aromatic carbocycles. The lowest BCUT2D eigenvalue weighted by molar-refractivity contribution is -0.131. The SMILES string of the molecule is O=C(CC[C@@H]1N=C2c3ccccc3N=C(SCc3ccccc3Cl)N2C1=O)N1CCN(c2ccccc2)CC1. The first-order valence-corrected chi connectivity index (χ1v) is 14.5. The number of amides is 2. The Balaban J connectivity index is 1.12. The van der Waals surface area contributed by atoms with E-state index in [1.807, 2.05) is 71.6 Å². The highest BCUT2D eigenvalue weighted by atomic mass is 35.5. The van der Waals surface area contributed by atoms with Gasteiger partial charge in [0.2, 0.25) is 5.91 Å². The number of benzene rings is 3. The van der Waals surface area contributed by atoms with Crippen LogP contribution in [0.1, 0.15) is 24.0 Å². The van der Waals surface area contributed by atoms with Crippen molar-refractivity contribution in [2.24, 2.45) is 9.98 Å². The molecule has 3 aliphatic rings. The summed E-state index contributed by atoms with van der Waals surface area (Å²) in [5.74, 6) is 1.13. The maximum absolute atomic E-state index is 13.6. The van der Waals surface area contributed by atoms with E-state index in [4.69, 9.17) is 21.6 Å². The second-order valence-electron chi connectivity index (χ2n) is 9.68. The second-order valence-corrected chi connectivity index (χ2v) is 11.0. The average Bonchev–Trinajstić information content (AvgIpc) is 3.32. The zero-order valence-corrected chi connectivity index (χ0v) is 22.9. The molecule has 39 heavy (non-hydrogen) atoms. The fraction of sp³-hybridized carbons (Fsp3) is 0.267. The van der Waals surface area contributed by atoms with E-state index < -0.39 is 6.04 Å². The zero-order chi connectivity index (χ0) is 26.8. The highest BCUT2D eigenvalue weighted by Crippen LogP contribution is 2.35. The maximum atomic E-state index is 13.6. The largest absolute Gasteiger partial charge is 0.368 e. The van der Waals surface area contributed by atoms with Crippen molar-refractivity contribution in [1.29, 1.82) is 0 Å². The van der Waals surface area contributed by atoms with Crippen molar-refractivity contribution in [2.75, 3.05) is 31.1 Å². The Morgan fingerprint density at radius 3 is 2.44 bits per heavy atom. The number of rotatable bonds is 6. The van der Waals surface area contributed by atoms with Gasteiger partial charge in [0.05, 0.1) is 5.69 Å². The first kappa shape index (κ1) is 25.6. The lowest BCUT2D eigenvalue weighted by Crippen LogP contribution is -2.49. The smallest absolute Gasteiger partial charge is 0.259 e. The standard InChI is InChI=1S/C30H28ClN5O2S/c31-24-12-6-4-8-21(24)20-39-30-33-25-13-7-5-11-23(25)28-32-26(29(38)36(28)30)14-15-27(37)35-18-16-34(17-19-35)22-9-2-1-3-10-22/h1-13,26H,14-20H2/t26-/m0/s1. The van der Waals surface area contributed by atoms with Crippen LogP contribution in [0.25, 0.3) is 0 Å². The van der Waals surface area contributed by atoms with Gasteiger partial charge in [-0.25, -0.2) is 9.89 Å². The number of fused-ring (bicyclic) bond motifs is 3. The van der Waals surface area contributed by atoms with Gasteiger partial charge in [-0.2, -0.15) is 0 Å². The molecule has 0 N–H and O–H groups in total. The Labute approximate surface area is 237 Å². The number of hydrogen-bond acceptors (Lipinski definition) is 6. The molecule has 3 aromatic rings. The molecule has 0 unspecified atom stereocenters. The van der Waals surface area contributed by atoms with Gasteiger partial charge < -0.3 is 9.80 Å². The molecule has 9 heteroatoms. The van der Waals surface area contributed by atoms with E-state index in [0.29, 0.717) is 41.3 Å². The number of thioether (sulfide) groups is 1. The summed E-state index contributed by atoms with van der Waals surface area (Å²) in [5.41, 5.74) is 3.78. The first-order chi connectivity index (χ1) is 19.1. The number of hydrogen-bond donors (Lipinski definition) is 0. The number of nitrogens with zero attached hydrogens (tertiary/aromatic N) is 5. The summed E-state index contributed by atoms with van der Waals surface area (Å²) in [5, 5.41) is 1.27. The van der Waals surface area contributed by atoms with Crippen molar-refractivity contribution in [3.63, 3.8) is 0 Å². The summed E-state index contributed by atoms with van der Waals surface area (Å²) in [7, 11) is 0. The second kappa shape index (κ2) is 11.2. The number of halogens is 1. The van der Waals surface area contributed by atoms with Crippen molar-refractivity contribution >= 4 is 57.6 Å². The Bertz CT molecular complexity index is 1450. The Morgan fingerprint density at radius 2 is 1.64 bits per heavy atom. The van der Waals surface area contributed by atoms with Crippen LogP contribution in [-0.2, 0) is 15.3 Å². The monoisotopic (exact) mass is 557 g/mol. The molecular formula is C30H28ClN5O2S. The van der Waals surface area contributed by atoms with Gasteiger partial charge in [0, 0.05) is 54.6 Å². The minimum absolute atomic E-state index is 0.0722. The lowest BCUT2D eigenvalue weighted by Gasteiger charge is -2.36. The Morgan fingerprint density at radius 1 is 0.923 bits per heavy atom. The Hall–Kier alpha value is -3.62. The van der Waals surface area contributed by atoms with E-state index >= 15 is 0 Å². The number of amidine groups is 2. The molecule has 0 radical (unpaired) electrons. The molecule has 6 rings (SSSR count). The molecule has 7 nitrogen and oxygen atoms in total. The summed E-state index contributed by atoms with van der Waals surface area (Å²) in [4.78, 5) is 42.1. The van der Waals surface area contributed by atoms with Gasteiger partial charge in [-0.15, -0.1) is 0 Å². The van der Waals surface area contributed by atoms with Crippen LogP contribution in [0.15, 0.2) is 88.8 Å². The highest BCUT2D eigenvalue weighted by molar-refractivity contribution is 8.13. The summed E-state index contributed by atoms with van der Waals surface area (Å²) >= 11 is 7.83. The average molecular weight is 558 g/mol. The summed E-state index contributed by atoms with van der Waals surface area (Å²) in [6, 6.07) is 25.1. The van der Waals surface area contributed by atoms with Gasteiger partial charge in [0.1, 0.15) is 11.9 Å². The molecule has 2 amide bonds. The third-order valence-corrected chi connectivity index (χ3v) is 8.60. The Kier molecular flexibility index (Phi) is 7.39. The molecule has 3 aliphatic heterocycles. The molecule has 0 aromatic heterocycles. The predicted octanol–water partition coefficient (Wildman–Crippen LogP) is 5.36. The van der Waals surface area contributed by atoms with Crippen molar-refractivity contribution in [2.45, 2.75) is 24.6 Å². The number of carbonyl (C=O) groups is 2. The van der Waals surface area contributed by atoms with Gasteiger partial charge in [-0.1, -0.05) is 71.9 Å². The third kappa shape index (κ3) is 5.31. The van der Waals surface area contributed by atoms with Crippen molar-refractivity contribution in [1.82, 2.24) is 9.80 Å². The lowest BCUT2D eigenvalue weighted by atomic mass is 10.1. The van der Waals surface area contributed by atoms with Gasteiger partial charge >= 0.3 is 0 Å². The minimum Gasteiger partial charge on any atom is -0.368 e. The molecule has 0 aliphatic carbocycles. The van der Waals surface area contributed by atoms with Crippen LogP contribution in [0.2, 0.25) is 5.02 Å².